The van der Waals surface area contributed by atoms with Crippen molar-refractivity contribution < 1.29 is 4.79 Å². The van der Waals surface area contributed by atoms with Gasteiger partial charge in [-0.25, -0.2) is 9.97 Å². The Morgan fingerprint density at radius 3 is 2.78 bits per heavy atom. The van der Waals surface area contributed by atoms with E-state index < -0.39 is 0 Å². The molecule has 1 aliphatic heterocycles. The number of amides is 1. The van der Waals surface area contributed by atoms with E-state index in [2.05, 4.69) is 59.4 Å². The largest absolute Gasteiger partial charge is 0.367 e. The number of piperazine rings is 1. The highest BCUT2D eigenvalue weighted by molar-refractivity contribution is 5.97. The summed E-state index contributed by atoms with van der Waals surface area (Å²) < 4.78 is 0. The third kappa shape index (κ3) is 4.51. The molecule has 5 aromatic rings. The van der Waals surface area contributed by atoms with Gasteiger partial charge in [0, 0.05) is 55.9 Å². The Hall–Kier alpha value is -4.31. The summed E-state index contributed by atoms with van der Waals surface area (Å²) in [4.78, 5) is 33.9. The standard InChI is InChI=1S/C27H29N9O/c1-3-4-23(37)30-19-13-18(15-28-16-19)17-5-6-21-20(14-17)24(34-33-21)27-31-25-22(7-8-29-26(25)32-27)36-11-9-35(2)10-12-36/h5-8,13-16H,3-4,9-12H2,1-2H3,(H,30,37)(H,33,34)(H,29,31,32). The average Bonchev–Trinajstić information content (AvgIpc) is 3.53. The molecule has 188 valence electrons. The predicted octanol–water partition coefficient (Wildman–Crippen LogP) is 4.05. The maximum absolute atomic E-state index is 12.0. The van der Waals surface area contributed by atoms with Crippen LogP contribution in [-0.2, 0) is 4.79 Å². The first-order valence-electron chi connectivity index (χ1n) is 12.6. The minimum absolute atomic E-state index is 0.0107. The lowest BCUT2D eigenvalue weighted by Crippen LogP contribution is -2.44. The number of aromatic amines is 2. The van der Waals surface area contributed by atoms with Gasteiger partial charge in [0.25, 0.3) is 0 Å². The van der Waals surface area contributed by atoms with E-state index in [1.54, 1.807) is 12.4 Å². The predicted molar refractivity (Wildman–Crippen MR) is 145 cm³/mol. The Balaban J connectivity index is 1.35. The summed E-state index contributed by atoms with van der Waals surface area (Å²) in [5, 5.41) is 11.6. The van der Waals surface area contributed by atoms with E-state index in [-0.39, 0.29) is 5.91 Å². The lowest BCUT2D eigenvalue weighted by atomic mass is 10.0. The number of likely N-dealkylation sites (N-methyl/N-ethyl adjacent to an activating group) is 1. The summed E-state index contributed by atoms with van der Waals surface area (Å²) in [6.07, 6.45) is 6.56. The molecule has 1 aromatic carbocycles. The zero-order valence-corrected chi connectivity index (χ0v) is 21.0. The highest BCUT2D eigenvalue weighted by Crippen LogP contribution is 2.32. The van der Waals surface area contributed by atoms with Gasteiger partial charge >= 0.3 is 0 Å². The molecule has 10 nitrogen and oxygen atoms in total. The maximum atomic E-state index is 12.0. The smallest absolute Gasteiger partial charge is 0.224 e. The number of carbonyl (C=O) groups is 1. The number of carbonyl (C=O) groups excluding carboxylic acids is 1. The average molecular weight is 496 g/mol. The molecule has 0 bridgehead atoms. The van der Waals surface area contributed by atoms with Crippen molar-refractivity contribution in [2.75, 3.05) is 43.4 Å². The van der Waals surface area contributed by atoms with Crippen LogP contribution in [-0.4, -0.2) is 74.2 Å². The first-order valence-corrected chi connectivity index (χ1v) is 12.6. The van der Waals surface area contributed by atoms with Crippen LogP contribution in [0, 0.1) is 0 Å². The monoisotopic (exact) mass is 495 g/mol. The van der Waals surface area contributed by atoms with Crippen molar-refractivity contribution in [3.63, 3.8) is 0 Å². The van der Waals surface area contributed by atoms with Crippen LogP contribution in [0.3, 0.4) is 0 Å². The third-order valence-corrected chi connectivity index (χ3v) is 6.83. The van der Waals surface area contributed by atoms with Gasteiger partial charge in [0.2, 0.25) is 5.91 Å². The van der Waals surface area contributed by atoms with Crippen LogP contribution in [0.15, 0.2) is 48.9 Å². The number of hydrogen-bond acceptors (Lipinski definition) is 7. The van der Waals surface area contributed by atoms with Crippen molar-refractivity contribution in [1.29, 1.82) is 0 Å². The molecule has 37 heavy (non-hydrogen) atoms. The molecule has 0 saturated carbocycles. The summed E-state index contributed by atoms with van der Waals surface area (Å²) in [6, 6.07) is 10.1. The van der Waals surface area contributed by atoms with E-state index in [0.717, 1.165) is 71.5 Å². The topological polar surface area (TPSA) is 119 Å². The van der Waals surface area contributed by atoms with Crippen LogP contribution in [0.5, 0.6) is 0 Å². The fourth-order valence-electron chi connectivity index (χ4n) is 4.81. The maximum Gasteiger partial charge on any atom is 0.224 e. The van der Waals surface area contributed by atoms with E-state index in [4.69, 9.17) is 4.98 Å². The zero-order chi connectivity index (χ0) is 25.4. The molecule has 0 atom stereocenters. The number of H-pyrrole nitrogens is 2. The number of benzene rings is 1. The van der Waals surface area contributed by atoms with E-state index >= 15 is 0 Å². The number of hydrogen-bond donors (Lipinski definition) is 3. The first kappa shape index (κ1) is 23.1. The molecule has 1 amide bonds. The van der Waals surface area contributed by atoms with Gasteiger partial charge in [0.15, 0.2) is 11.5 Å². The number of nitrogens with zero attached hydrogens (tertiary/aromatic N) is 6. The third-order valence-electron chi connectivity index (χ3n) is 6.83. The van der Waals surface area contributed by atoms with Crippen molar-refractivity contribution in [1.82, 2.24) is 35.0 Å². The van der Waals surface area contributed by atoms with Gasteiger partial charge in [0.1, 0.15) is 11.2 Å². The molecule has 10 heteroatoms. The second kappa shape index (κ2) is 9.62. The molecule has 1 saturated heterocycles. The highest BCUT2D eigenvalue weighted by Gasteiger charge is 2.20. The van der Waals surface area contributed by atoms with E-state index in [1.165, 1.54) is 0 Å². The van der Waals surface area contributed by atoms with Gasteiger partial charge in [-0.2, -0.15) is 5.10 Å². The van der Waals surface area contributed by atoms with Crippen LogP contribution < -0.4 is 10.2 Å². The molecular weight excluding hydrogens is 466 g/mol. The summed E-state index contributed by atoms with van der Waals surface area (Å²) in [6.45, 7) is 5.96. The van der Waals surface area contributed by atoms with Gasteiger partial charge in [-0.05, 0) is 43.3 Å². The Morgan fingerprint density at radius 2 is 1.95 bits per heavy atom. The molecule has 0 aliphatic carbocycles. The normalized spacial score (nSPS) is 14.5. The van der Waals surface area contributed by atoms with Crippen LogP contribution in [0.1, 0.15) is 19.8 Å². The van der Waals surface area contributed by atoms with Gasteiger partial charge in [0.05, 0.1) is 23.1 Å². The zero-order valence-electron chi connectivity index (χ0n) is 21.0. The highest BCUT2D eigenvalue weighted by atomic mass is 16.1. The van der Waals surface area contributed by atoms with Crippen LogP contribution in [0.4, 0.5) is 11.4 Å². The van der Waals surface area contributed by atoms with Gasteiger partial charge in [-0.3, -0.25) is 14.9 Å². The molecule has 5 heterocycles. The van der Waals surface area contributed by atoms with Gasteiger partial charge in [-0.1, -0.05) is 13.0 Å². The number of fused-ring (bicyclic) bond motifs is 2. The van der Waals surface area contributed by atoms with Crippen molar-refractivity contribution in [2.24, 2.45) is 0 Å². The summed E-state index contributed by atoms with van der Waals surface area (Å²) >= 11 is 0. The second-order valence-corrected chi connectivity index (χ2v) is 9.50. The molecule has 6 rings (SSSR count). The van der Waals surface area contributed by atoms with Crippen LogP contribution >= 0.6 is 0 Å². The molecule has 3 N–H and O–H groups in total. The molecule has 4 aromatic heterocycles. The first-order chi connectivity index (χ1) is 18.1. The minimum atomic E-state index is -0.0107. The van der Waals surface area contributed by atoms with Gasteiger partial charge in [-0.15, -0.1) is 0 Å². The van der Waals surface area contributed by atoms with Crippen LogP contribution in [0.25, 0.3) is 44.7 Å². The lowest BCUT2D eigenvalue weighted by Gasteiger charge is -2.34. The minimum Gasteiger partial charge on any atom is -0.367 e. The molecule has 0 spiro atoms. The Kier molecular flexibility index (Phi) is 6.01. The summed E-state index contributed by atoms with van der Waals surface area (Å²) in [5.74, 6) is 0.662. The van der Waals surface area contributed by atoms with Crippen molar-refractivity contribution in [3.05, 3.63) is 48.9 Å². The number of rotatable bonds is 6. The fraction of sp³-hybridized carbons (Fsp3) is 0.296. The second-order valence-electron chi connectivity index (χ2n) is 9.50. The molecule has 0 unspecified atom stereocenters. The lowest BCUT2D eigenvalue weighted by molar-refractivity contribution is -0.116. The fourth-order valence-corrected chi connectivity index (χ4v) is 4.81. The Bertz CT molecular complexity index is 1580. The number of imidazole rings is 1. The number of aromatic nitrogens is 6. The Labute approximate surface area is 214 Å². The molecular formula is C27H29N9O. The van der Waals surface area contributed by atoms with Crippen molar-refractivity contribution in [3.8, 4) is 22.6 Å². The summed E-state index contributed by atoms with van der Waals surface area (Å²) in [7, 11) is 2.15. The molecule has 1 fully saturated rings. The molecule has 1 aliphatic rings. The van der Waals surface area contributed by atoms with Crippen molar-refractivity contribution >= 4 is 39.3 Å². The van der Waals surface area contributed by atoms with E-state index in [9.17, 15) is 4.79 Å². The van der Waals surface area contributed by atoms with Crippen LogP contribution in [0.2, 0.25) is 0 Å². The quantitative estimate of drug-likeness (QED) is 0.325. The number of anilines is 2. The van der Waals surface area contributed by atoms with E-state index in [1.807, 2.05) is 31.3 Å². The van der Waals surface area contributed by atoms with E-state index in [0.29, 0.717) is 23.6 Å². The SMILES string of the molecule is CCCC(=O)Nc1cncc(-c2ccc3[nH]nc(-c4nc5nccc(N6CCN(C)CC6)c5[nH]4)c3c2)c1. The van der Waals surface area contributed by atoms with Crippen molar-refractivity contribution in [2.45, 2.75) is 19.8 Å². The number of nitrogens with one attached hydrogen (secondary N) is 3. The molecule has 0 radical (unpaired) electrons. The van der Waals surface area contributed by atoms with Gasteiger partial charge < -0.3 is 20.1 Å². The number of pyridine rings is 2. The summed E-state index contributed by atoms with van der Waals surface area (Å²) in [5.41, 5.74) is 6.93. The Morgan fingerprint density at radius 1 is 1.08 bits per heavy atom.